The first-order valence-electron chi connectivity index (χ1n) is 11.0. The van der Waals surface area contributed by atoms with E-state index in [1.54, 1.807) is 17.8 Å². The third-order valence-electron chi connectivity index (χ3n) is 5.75. The number of hydrogen-bond donors (Lipinski definition) is 0. The smallest absolute Gasteiger partial charge is 0.257 e. The number of anilines is 1. The Morgan fingerprint density at radius 1 is 0.886 bits per heavy atom. The van der Waals surface area contributed by atoms with E-state index in [0.29, 0.717) is 11.4 Å². The zero-order valence-electron chi connectivity index (χ0n) is 19.9. The van der Waals surface area contributed by atoms with Gasteiger partial charge in [-0.3, -0.25) is 4.98 Å². The van der Waals surface area contributed by atoms with Crippen molar-refractivity contribution in [2.24, 2.45) is 0 Å². The van der Waals surface area contributed by atoms with Crippen molar-refractivity contribution in [2.75, 3.05) is 19.0 Å². The van der Waals surface area contributed by atoms with E-state index in [0.717, 1.165) is 27.4 Å². The average Bonchev–Trinajstić information content (AvgIpc) is 2.85. The van der Waals surface area contributed by atoms with Crippen molar-refractivity contribution >= 4 is 23.1 Å². The molecule has 0 N–H and O–H groups in total. The van der Waals surface area contributed by atoms with Gasteiger partial charge in [-0.1, -0.05) is 36.0 Å². The van der Waals surface area contributed by atoms with E-state index >= 15 is 4.39 Å². The molecule has 35 heavy (non-hydrogen) atoms. The zero-order chi connectivity index (χ0) is 25.2. The summed E-state index contributed by atoms with van der Waals surface area (Å²) in [5, 5.41) is 0.858. The highest BCUT2D eigenvalue weighted by atomic mass is 32.2. The second kappa shape index (κ2) is 9.85. The predicted molar refractivity (Wildman–Crippen MR) is 137 cm³/mol. The summed E-state index contributed by atoms with van der Waals surface area (Å²) in [6.07, 6.45) is 0. The zero-order valence-corrected chi connectivity index (χ0v) is 20.7. The van der Waals surface area contributed by atoms with Crippen molar-refractivity contribution in [3.63, 3.8) is 0 Å². The third-order valence-corrected chi connectivity index (χ3v) is 6.70. The molecule has 176 valence electrons. The monoisotopic (exact) mass is 486 g/mol. The maximum atomic E-state index is 15.0. The molecule has 2 aromatic heterocycles. The van der Waals surface area contributed by atoms with E-state index in [9.17, 15) is 4.39 Å². The number of halogens is 2. The van der Waals surface area contributed by atoms with Gasteiger partial charge in [0.15, 0.2) is 0 Å². The van der Waals surface area contributed by atoms with E-state index in [4.69, 9.17) is 16.5 Å². The van der Waals surface area contributed by atoms with Gasteiger partial charge in [-0.15, -0.1) is 0 Å². The lowest BCUT2D eigenvalue weighted by Gasteiger charge is -2.26. The fourth-order valence-electron chi connectivity index (χ4n) is 3.63. The topological polar surface area (TPSA) is 33.4 Å². The largest absolute Gasteiger partial charge is 0.378 e. The molecular formula is C28H24F2N4S. The highest BCUT2D eigenvalue weighted by Gasteiger charge is 2.29. The Morgan fingerprint density at radius 3 is 2.31 bits per heavy atom. The van der Waals surface area contributed by atoms with Crippen molar-refractivity contribution in [1.29, 1.82) is 0 Å². The number of aromatic nitrogens is 2. The van der Waals surface area contributed by atoms with Crippen LogP contribution in [0.3, 0.4) is 0 Å². The Bertz CT molecular complexity index is 1410. The Labute approximate surface area is 208 Å². The minimum atomic E-state index is -0.911. The van der Waals surface area contributed by atoms with E-state index in [-0.39, 0.29) is 5.56 Å². The minimum absolute atomic E-state index is 0.0829. The van der Waals surface area contributed by atoms with E-state index in [1.807, 2.05) is 87.4 Å². The molecule has 0 fully saturated rings. The summed E-state index contributed by atoms with van der Waals surface area (Å²) in [7, 11) is 3.77. The molecule has 2 aromatic carbocycles. The van der Waals surface area contributed by atoms with E-state index < -0.39 is 22.7 Å². The van der Waals surface area contributed by atoms with Gasteiger partial charge >= 0.3 is 0 Å². The molecule has 0 aliphatic rings. The maximum absolute atomic E-state index is 15.0. The first kappa shape index (κ1) is 24.4. The highest BCUT2D eigenvalue weighted by Crippen LogP contribution is 2.37. The molecule has 7 heteroatoms. The Kier molecular flexibility index (Phi) is 6.86. The summed E-state index contributed by atoms with van der Waals surface area (Å²) in [6.45, 7) is 11.2. The number of hydrogen-bond acceptors (Lipinski definition) is 4. The Balaban J connectivity index is 1.80. The van der Waals surface area contributed by atoms with Crippen LogP contribution in [0.25, 0.3) is 16.1 Å². The normalized spacial score (nSPS) is 11.2. The van der Waals surface area contributed by atoms with Gasteiger partial charge in [0.1, 0.15) is 16.7 Å². The van der Waals surface area contributed by atoms with Gasteiger partial charge in [0.2, 0.25) is 0 Å². The summed E-state index contributed by atoms with van der Waals surface area (Å²) < 4.78 is 29.0. The van der Waals surface area contributed by atoms with Crippen molar-refractivity contribution in [3.05, 3.63) is 107 Å². The Hall–Kier alpha value is -3.76. The number of nitrogens with zero attached hydrogens (tertiary/aromatic N) is 4. The second-order valence-corrected chi connectivity index (χ2v) is 9.85. The van der Waals surface area contributed by atoms with Crippen LogP contribution in [0.1, 0.15) is 25.2 Å². The first-order chi connectivity index (χ1) is 16.7. The second-order valence-electron chi connectivity index (χ2n) is 8.76. The summed E-state index contributed by atoms with van der Waals surface area (Å²) in [4.78, 5) is 15.7. The van der Waals surface area contributed by atoms with Crippen molar-refractivity contribution < 1.29 is 8.78 Å². The van der Waals surface area contributed by atoms with Gasteiger partial charge in [-0.05, 0) is 62.4 Å². The fourth-order valence-corrected chi connectivity index (χ4v) is 4.46. The van der Waals surface area contributed by atoms with Crippen molar-refractivity contribution in [1.82, 2.24) is 9.97 Å². The molecule has 0 bridgehead atoms. The van der Waals surface area contributed by atoms with Crippen LogP contribution in [0.4, 0.5) is 20.2 Å². The molecule has 0 saturated carbocycles. The molecule has 0 aliphatic heterocycles. The van der Waals surface area contributed by atoms with Crippen LogP contribution < -0.4 is 4.90 Å². The van der Waals surface area contributed by atoms with Crippen molar-refractivity contribution in [3.8, 4) is 11.3 Å². The van der Waals surface area contributed by atoms with Gasteiger partial charge in [0, 0.05) is 35.7 Å². The number of rotatable bonds is 6. The molecule has 0 atom stereocenters. The van der Waals surface area contributed by atoms with Crippen LogP contribution in [0.15, 0.2) is 82.7 Å². The van der Waals surface area contributed by atoms with Gasteiger partial charge in [-0.2, -0.15) is 0 Å². The van der Waals surface area contributed by atoms with Crippen LogP contribution in [-0.2, 0) is 5.41 Å². The van der Waals surface area contributed by atoms with E-state index in [2.05, 4.69) is 4.85 Å². The number of benzene rings is 2. The van der Waals surface area contributed by atoms with Gasteiger partial charge in [0.05, 0.1) is 23.7 Å². The van der Waals surface area contributed by atoms with Crippen LogP contribution >= 0.6 is 11.8 Å². The molecule has 0 radical (unpaired) electrons. The summed E-state index contributed by atoms with van der Waals surface area (Å²) in [6, 6.07) is 22.0. The lowest BCUT2D eigenvalue weighted by molar-refractivity contribution is 0.586. The lowest BCUT2D eigenvalue weighted by Crippen LogP contribution is -2.23. The third kappa shape index (κ3) is 5.03. The Morgan fingerprint density at radius 2 is 1.63 bits per heavy atom. The quantitative estimate of drug-likeness (QED) is 0.264. The summed E-state index contributed by atoms with van der Waals surface area (Å²) in [5.41, 5.74) is 1.47. The summed E-state index contributed by atoms with van der Waals surface area (Å²) >= 11 is 1.58. The van der Waals surface area contributed by atoms with Gasteiger partial charge < -0.3 is 4.90 Å². The van der Waals surface area contributed by atoms with Gasteiger partial charge in [0.25, 0.3) is 5.69 Å². The molecule has 0 aliphatic carbocycles. The van der Waals surface area contributed by atoms with Crippen LogP contribution in [0.2, 0.25) is 0 Å². The van der Waals surface area contributed by atoms with Crippen molar-refractivity contribution in [2.45, 2.75) is 29.2 Å². The molecule has 4 nitrogen and oxygen atoms in total. The molecule has 0 spiro atoms. The maximum Gasteiger partial charge on any atom is 0.257 e. The summed E-state index contributed by atoms with van der Waals surface area (Å²) in [5.74, 6) is -1.80. The molecule has 0 unspecified atom stereocenters. The van der Waals surface area contributed by atoms with Crippen LogP contribution in [0, 0.1) is 18.2 Å². The van der Waals surface area contributed by atoms with Crippen LogP contribution in [-0.4, -0.2) is 24.1 Å². The lowest BCUT2D eigenvalue weighted by atomic mass is 9.84. The molecular weight excluding hydrogens is 462 g/mol. The predicted octanol–water partition coefficient (Wildman–Crippen LogP) is 7.52. The standard InChI is InChI=1S/C28H24F2N4S/c1-28(2,23-12-9-13-25(33-23)35-19-10-7-6-8-11-19)24-17-18(34(4)5)16-22(32-24)20-14-15-21(29)27(31-3)26(20)30/h6-17H,1-2,4-5H3. The van der Waals surface area contributed by atoms with Gasteiger partial charge in [-0.25, -0.2) is 18.6 Å². The minimum Gasteiger partial charge on any atom is -0.378 e. The number of pyridine rings is 2. The molecule has 2 heterocycles. The molecule has 4 aromatic rings. The molecule has 0 amide bonds. The average molecular weight is 487 g/mol. The molecule has 0 saturated heterocycles. The molecule has 4 rings (SSSR count). The fraction of sp³-hybridized carbons (Fsp3) is 0.179. The highest BCUT2D eigenvalue weighted by molar-refractivity contribution is 7.99. The SMILES string of the molecule is [C-]#[N+]c1c(F)ccc(-c2cc(N(C)C)cc(C(C)(C)c3cccc(Sc4ccccc4)n3)n2)c1F. The van der Waals surface area contributed by atoms with E-state index in [1.165, 1.54) is 6.07 Å². The first-order valence-corrected chi connectivity index (χ1v) is 11.8. The van der Waals surface area contributed by atoms with Crippen LogP contribution in [0.5, 0.6) is 0 Å².